The summed E-state index contributed by atoms with van der Waals surface area (Å²) in [5, 5.41) is 2.83. The fourth-order valence-corrected chi connectivity index (χ4v) is 3.28. The average molecular weight is 380 g/mol. The predicted molar refractivity (Wildman–Crippen MR) is 99.7 cm³/mol. The molecule has 2 heterocycles. The van der Waals surface area contributed by atoms with Crippen LogP contribution < -0.4 is 15.8 Å². The van der Waals surface area contributed by atoms with E-state index in [-0.39, 0.29) is 30.7 Å². The molecule has 2 aromatic carbocycles. The Morgan fingerprint density at radius 2 is 2.11 bits per heavy atom. The largest absolute Gasteiger partial charge is 0.484 e. The number of fused-ring (bicyclic) bond motifs is 1. The van der Waals surface area contributed by atoms with Crippen LogP contribution in [0.2, 0.25) is 0 Å². The Morgan fingerprint density at radius 1 is 1.29 bits per heavy atom. The Balaban J connectivity index is 1.71. The molecule has 1 aromatic heterocycles. The fourth-order valence-electron chi connectivity index (χ4n) is 3.28. The van der Waals surface area contributed by atoms with E-state index in [2.05, 4.69) is 10.3 Å². The normalized spacial score (nSPS) is 15.6. The number of halogens is 1. The molecule has 28 heavy (non-hydrogen) atoms. The van der Waals surface area contributed by atoms with Crippen LogP contribution in [0.25, 0.3) is 5.69 Å². The predicted octanol–water partition coefficient (Wildman–Crippen LogP) is 2.35. The molecule has 0 spiro atoms. The van der Waals surface area contributed by atoms with Gasteiger partial charge in [-0.05, 0) is 35.9 Å². The van der Waals surface area contributed by atoms with Crippen molar-refractivity contribution in [1.29, 1.82) is 0 Å². The van der Waals surface area contributed by atoms with Gasteiger partial charge < -0.3 is 15.8 Å². The number of nitrogens with two attached hydrogens (primary N) is 1. The van der Waals surface area contributed by atoms with Crippen molar-refractivity contribution in [3.05, 3.63) is 71.9 Å². The molecule has 1 atom stereocenters. The maximum Gasteiger partial charge on any atom is 0.255 e. The van der Waals surface area contributed by atoms with Crippen molar-refractivity contribution in [3.8, 4) is 11.4 Å². The molecule has 0 aliphatic carbocycles. The monoisotopic (exact) mass is 380 g/mol. The zero-order valence-corrected chi connectivity index (χ0v) is 14.8. The summed E-state index contributed by atoms with van der Waals surface area (Å²) < 4.78 is 20.6. The van der Waals surface area contributed by atoms with Gasteiger partial charge in [0.2, 0.25) is 5.91 Å². The van der Waals surface area contributed by atoms with Gasteiger partial charge >= 0.3 is 0 Å². The molecule has 2 amide bonds. The van der Waals surface area contributed by atoms with E-state index in [1.165, 1.54) is 12.1 Å². The maximum atomic E-state index is 13.6. The third-order valence-corrected chi connectivity index (χ3v) is 4.50. The Kier molecular flexibility index (Phi) is 4.52. The Bertz CT molecular complexity index is 1060. The van der Waals surface area contributed by atoms with Crippen molar-refractivity contribution >= 4 is 17.6 Å². The zero-order chi connectivity index (χ0) is 19.7. The number of aromatic nitrogens is 2. The van der Waals surface area contributed by atoms with Crippen LogP contribution in [0.5, 0.6) is 5.75 Å². The van der Waals surface area contributed by atoms with Gasteiger partial charge in [0.15, 0.2) is 6.61 Å². The quantitative estimate of drug-likeness (QED) is 0.710. The number of amides is 2. The SMILES string of the molecule is NC(=O)COc1cccc(C2CC(=O)Nc3c2ncn3-c2cccc(F)c2)c1. The number of hydrogen-bond acceptors (Lipinski definition) is 4. The highest BCUT2D eigenvalue weighted by molar-refractivity contribution is 5.94. The van der Waals surface area contributed by atoms with Crippen molar-refractivity contribution < 1.29 is 18.7 Å². The molecule has 0 radical (unpaired) electrons. The highest BCUT2D eigenvalue weighted by Crippen LogP contribution is 2.38. The van der Waals surface area contributed by atoms with Gasteiger partial charge in [-0.2, -0.15) is 0 Å². The van der Waals surface area contributed by atoms with Gasteiger partial charge in [-0.3, -0.25) is 14.2 Å². The van der Waals surface area contributed by atoms with Crippen LogP contribution in [0.1, 0.15) is 23.6 Å². The number of nitrogens with zero attached hydrogens (tertiary/aromatic N) is 2. The van der Waals surface area contributed by atoms with Crippen molar-refractivity contribution in [2.75, 3.05) is 11.9 Å². The van der Waals surface area contributed by atoms with Gasteiger partial charge in [-0.15, -0.1) is 0 Å². The van der Waals surface area contributed by atoms with Crippen molar-refractivity contribution in [3.63, 3.8) is 0 Å². The summed E-state index contributed by atoms with van der Waals surface area (Å²) in [4.78, 5) is 27.7. The third kappa shape index (κ3) is 3.44. The smallest absolute Gasteiger partial charge is 0.255 e. The summed E-state index contributed by atoms with van der Waals surface area (Å²) >= 11 is 0. The second-order valence-electron chi connectivity index (χ2n) is 6.46. The van der Waals surface area contributed by atoms with Crippen LogP contribution >= 0.6 is 0 Å². The maximum absolute atomic E-state index is 13.6. The lowest BCUT2D eigenvalue weighted by molar-refractivity contribution is -0.120. The summed E-state index contributed by atoms with van der Waals surface area (Å²) in [5.74, 6) is -0.421. The highest BCUT2D eigenvalue weighted by atomic mass is 19.1. The van der Waals surface area contributed by atoms with Crippen LogP contribution in [-0.4, -0.2) is 28.0 Å². The summed E-state index contributed by atoms with van der Waals surface area (Å²) in [6, 6.07) is 13.2. The summed E-state index contributed by atoms with van der Waals surface area (Å²) in [6.07, 6.45) is 1.78. The van der Waals surface area contributed by atoms with Gasteiger partial charge in [0, 0.05) is 12.3 Å². The number of carbonyl (C=O) groups excluding carboxylic acids is 2. The number of anilines is 1. The molecule has 4 rings (SSSR count). The molecule has 0 saturated carbocycles. The topological polar surface area (TPSA) is 99.2 Å². The van der Waals surface area contributed by atoms with Crippen molar-refractivity contribution in [1.82, 2.24) is 9.55 Å². The lowest BCUT2D eigenvalue weighted by atomic mass is 9.89. The minimum absolute atomic E-state index is 0.167. The lowest BCUT2D eigenvalue weighted by Crippen LogP contribution is -2.25. The van der Waals surface area contributed by atoms with E-state index < -0.39 is 5.91 Å². The van der Waals surface area contributed by atoms with Crippen LogP contribution in [0.15, 0.2) is 54.9 Å². The number of primary amides is 1. The first kappa shape index (κ1) is 17.7. The molecule has 3 aromatic rings. The van der Waals surface area contributed by atoms with Gasteiger partial charge in [-0.1, -0.05) is 18.2 Å². The van der Waals surface area contributed by atoms with Crippen LogP contribution in [0, 0.1) is 5.82 Å². The van der Waals surface area contributed by atoms with E-state index in [4.69, 9.17) is 10.5 Å². The van der Waals surface area contributed by atoms with Gasteiger partial charge in [-0.25, -0.2) is 9.37 Å². The van der Waals surface area contributed by atoms with Crippen LogP contribution in [-0.2, 0) is 9.59 Å². The van der Waals surface area contributed by atoms with Crippen molar-refractivity contribution in [2.24, 2.45) is 5.73 Å². The summed E-state index contributed by atoms with van der Waals surface area (Å²) in [7, 11) is 0. The first-order valence-corrected chi connectivity index (χ1v) is 8.65. The molecule has 142 valence electrons. The van der Waals surface area contributed by atoms with Gasteiger partial charge in [0.1, 0.15) is 23.7 Å². The standard InChI is InChI=1S/C20H17FN4O3/c21-13-4-2-5-14(8-13)25-11-23-19-16(9-18(27)24-20(19)25)12-3-1-6-15(7-12)28-10-17(22)26/h1-8,11,16H,9-10H2,(H2,22,26)(H,24,27). The zero-order valence-electron chi connectivity index (χ0n) is 14.8. The minimum atomic E-state index is -0.571. The minimum Gasteiger partial charge on any atom is -0.484 e. The molecule has 1 unspecified atom stereocenters. The number of ether oxygens (including phenoxy) is 1. The Hall–Kier alpha value is -3.68. The molecule has 1 aliphatic heterocycles. The van der Waals surface area contributed by atoms with Crippen LogP contribution in [0.3, 0.4) is 0 Å². The Labute approximate surface area is 159 Å². The van der Waals surface area contributed by atoms with E-state index >= 15 is 0 Å². The molecule has 3 N–H and O–H groups in total. The van der Waals surface area contributed by atoms with E-state index in [1.807, 2.05) is 6.07 Å². The first-order chi connectivity index (χ1) is 13.5. The molecular weight excluding hydrogens is 363 g/mol. The number of imidazole rings is 1. The van der Waals surface area contributed by atoms with E-state index in [0.29, 0.717) is 22.9 Å². The van der Waals surface area contributed by atoms with E-state index in [1.54, 1.807) is 41.2 Å². The highest BCUT2D eigenvalue weighted by Gasteiger charge is 2.31. The first-order valence-electron chi connectivity index (χ1n) is 8.65. The molecule has 0 saturated heterocycles. The number of nitrogens with one attached hydrogen (secondary N) is 1. The second-order valence-corrected chi connectivity index (χ2v) is 6.46. The van der Waals surface area contributed by atoms with Crippen molar-refractivity contribution in [2.45, 2.75) is 12.3 Å². The molecule has 7 nitrogen and oxygen atoms in total. The number of rotatable bonds is 5. The lowest BCUT2D eigenvalue weighted by Gasteiger charge is -2.23. The van der Waals surface area contributed by atoms with Crippen LogP contribution in [0.4, 0.5) is 10.2 Å². The van der Waals surface area contributed by atoms with Gasteiger partial charge in [0.25, 0.3) is 5.91 Å². The van der Waals surface area contributed by atoms with E-state index in [0.717, 1.165) is 5.56 Å². The van der Waals surface area contributed by atoms with Gasteiger partial charge in [0.05, 0.1) is 11.4 Å². The number of carbonyl (C=O) groups is 2. The van der Waals surface area contributed by atoms with E-state index in [9.17, 15) is 14.0 Å². The fraction of sp³-hybridized carbons (Fsp3) is 0.150. The summed E-state index contributed by atoms with van der Waals surface area (Å²) in [6.45, 7) is -0.228. The molecule has 0 fully saturated rings. The number of hydrogen-bond donors (Lipinski definition) is 2. The molecule has 8 heteroatoms. The molecule has 0 bridgehead atoms. The third-order valence-electron chi connectivity index (χ3n) is 4.50. The second kappa shape index (κ2) is 7.15. The number of benzene rings is 2. The molecular formula is C20H17FN4O3. The Morgan fingerprint density at radius 3 is 2.89 bits per heavy atom. The molecule has 1 aliphatic rings. The average Bonchev–Trinajstić information content (AvgIpc) is 3.09. The summed E-state index contributed by atoms with van der Waals surface area (Å²) in [5.41, 5.74) is 7.18.